The number of hydrogen-bond donors (Lipinski definition) is 1. The second-order valence-corrected chi connectivity index (χ2v) is 7.50. The second-order valence-electron chi connectivity index (χ2n) is 7.50. The van der Waals surface area contributed by atoms with E-state index >= 15 is 0 Å². The molecule has 2 heterocycles. The molecule has 1 saturated heterocycles. The largest absolute Gasteiger partial charge is 0.487 e. The van der Waals surface area contributed by atoms with E-state index in [9.17, 15) is 0 Å². The van der Waals surface area contributed by atoms with Crippen LogP contribution in [0.25, 0.3) is 0 Å². The van der Waals surface area contributed by atoms with Gasteiger partial charge in [-0.2, -0.15) is 0 Å². The number of pyridine rings is 1. The summed E-state index contributed by atoms with van der Waals surface area (Å²) >= 11 is 0. The second kappa shape index (κ2) is 11.7. The molecule has 0 spiro atoms. The van der Waals surface area contributed by atoms with Crippen LogP contribution in [0, 0.1) is 0 Å². The molecule has 1 N–H and O–H groups in total. The zero-order valence-electron chi connectivity index (χ0n) is 17.8. The number of halogens is 1. The van der Waals surface area contributed by atoms with Gasteiger partial charge in [-0.3, -0.25) is 9.98 Å². The van der Waals surface area contributed by atoms with Gasteiger partial charge in [-0.25, -0.2) is 0 Å². The van der Waals surface area contributed by atoms with E-state index in [1.54, 1.807) is 6.20 Å². The molecule has 6 heteroatoms. The lowest BCUT2D eigenvalue weighted by Gasteiger charge is -2.22. The molecule has 1 atom stereocenters. The van der Waals surface area contributed by atoms with Crippen molar-refractivity contribution in [1.29, 1.82) is 0 Å². The van der Waals surface area contributed by atoms with Crippen LogP contribution in [-0.2, 0) is 13.2 Å². The smallest absolute Gasteiger partial charge is 0.193 e. The number of guanidine groups is 1. The van der Waals surface area contributed by atoms with E-state index in [0.717, 1.165) is 42.5 Å². The van der Waals surface area contributed by atoms with Crippen molar-refractivity contribution >= 4 is 29.9 Å². The Hall–Kier alpha value is -2.61. The quantitative estimate of drug-likeness (QED) is 0.283. The van der Waals surface area contributed by atoms with Gasteiger partial charge >= 0.3 is 0 Å². The summed E-state index contributed by atoms with van der Waals surface area (Å²) in [5.41, 5.74) is 3.49. The van der Waals surface area contributed by atoms with Crippen LogP contribution in [0.15, 0.2) is 84.0 Å². The topological polar surface area (TPSA) is 49.8 Å². The molecule has 0 radical (unpaired) electrons. The summed E-state index contributed by atoms with van der Waals surface area (Å²) in [6.45, 7) is 3.19. The van der Waals surface area contributed by atoms with Gasteiger partial charge in [0.2, 0.25) is 0 Å². The highest BCUT2D eigenvalue weighted by atomic mass is 127. The maximum absolute atomic E-state index is 5.90. The van der Waals surface area contributed by atoms with Crippen LogP contribution in [0.5, 0.6) is 5.75 Å². The van der Waals surface area contributed by atoms with Crippen molar-refractivity contribution in [2.45, 2.75) is 25.5 Å². The molecular formula is C25H29IN4O. The molecule has 0 saturated carbocycles. The lowest BCUT2D eigenvalue weighted by molar-refractivity contribution is 0.301. The molecule has 1 unspecified atom stereocenters. The molecule has 1 aliphatic heterocycles. The highest BCUT2D eigenvalue weighted by Crippen LogP contribution is 2.27. The normalized spacial score (nSPS) is 16.0. The summed E-state index contributed by atoms with van der Waals surface area (Å²) in [7, 11) is 1.85. The van der Waals surface area contributed by atoms with Crippen molar-refractivity contribution in [1.82, 2.24) is 15.2 Å². The predicted molar refractivity (Wildman–Crippen MR) is 136 cm³/mol. The number of likely N-dealkylation sites (tertiary alicyclic amines) is 1. The standard InChI is InChI=1S/C25H28N4O.HI/c1-26-25(29-15-13-22(18-29)21-9-3-2-4-10-21)28-17-20-8-7-12-24(16-20)30-19-23-11-5-6-14-27-23;/h2-12,14,16,22H,13,15,17-19H2,1H3,(H,26,28);1H. The van der Waals surface area contributed by atoms with Gasteiger partial charge in [0, 0.05) is 38.8 Å². The average Bonchev–Trinajstić information content (AvgIpc) is 3.30. The Morgan fingerprint density at radius 1 is 1.10 bits per heavy atom. The molecular weight excluding hydrogens is 499 g/mol. The zero-order valence-corrected chi connectivity index (χ0v) is 20.1. The fourth-order valence-electron chi connectivity index (χ4n) is 3.85. The number of rotatable bonds is 6. The summed E-state index contributed by atoms with van der Waals surface area (Å²) in [5.74, 6) is 2.36. The Balaban J connectivity index is 0.00000272. The Morgan fingerprint density at radius 2 is 1.94 bits per heavy atom. The number of benzene rings is 2. The summed E-state index contributed by atoms with van der Waals surface area (Å²) in [4.78, 5) is 11.2. The van der Waals surface area contributed by atoms with E-state index in [4.69, 9.17) is 4.74 Å². The Morgan fingerprint density at radius 3 is 2.71 bits per heavy atom. The number of hydrogen-bond acceptors (Lipinski definition) is 3. The lowest BCUT2D eigenvalue weighted by atomic mass is 9.99. The first-order valence-corrected chi connectivity index (χ1v) is 10.4. The number of aliphatic imine (C=N–C) groups is 1. The molecule has 0 bridgehead atoms. The van der Waals surface area contributed by atoms with Crippen LogP contribution in [-0.4, -0.2) is 36.0 Å². The van der Waals surface area contributed by atoms with E-state index in [-0.39, 0.29) is 24.0 Å². The fraction of sp³-hybridized carbons (Fsp3) is 0.280. The molecule has 0 aliphatic carbocycles. The van der Waals surface area contributed by atoms with Gasteiger partial charge in [-0.05, 0) is 41.8 Å². The van der Waals surface area contributed by atoms with Crippen molar-refractivity contribution in [2.24, 2.45) is 4.99 Å². The first-order chi connectivity index (χ1) is 14.8. The van der Waals surface area contributed by atoms with Gasteiger partial charge in [0.15, 0.2) is 5.96 Å². The van der Waals surface area contributed by atoms with Gasteiger partial charge in [0.25, 0.3) is 0 Å². The van der Waals surface area contributed by atoms with Crippen LogP contribution >= 0.6 is 24.0 Å². The predicted octanol–water partition coefficient (Wildman–Crippen LogP) is 4.84. The van der Waals surface area contributed by atoms with Gasteiger partial charge in [-0.15, -0.1) is 24.0 Å². The number of nitrogens with one attached hydrogen (secondary N) is 1. The number of nitrogens with zero attached hydrogens (tertiary/aromatic N) is 3. The first-order valence-electron chi connectivity index (χ1n) is 10.4. The van der Waals surface area contributed by atoms with E-state index in [1.165, 1.54) is 5.56 Å². The summed E-state index contributed by atoms with van der Waals surface area (Å²) in [5, 5.41) is 3.51. The van der Waals surface area contributed by atoms with Crippen LogP contribution in [0.1, 0.15) is 29.2 Å². The zero-order chi connectivity index (χ0) is 20.6. The average molecular weight is 528 g/mol. The van der Waals surface area contributed by atoms with E-state index < -0.39 is 0 Å². The molecule has 1 aliphatic rings. The molecule has 1 fully saturated rings. The molecule has 4 rings (SSSR count). The van der Waals surface area contributed by atoms with Gasteiger partial charge in [0.05, 0.1) is 5.69 Å². The van der Waals surface area contributed by atoms with Gasteiger partial charge in [-0.1, -0.05) is 48.5 Å². The van der Waals surface area contributed by atoms with Crippen molar-refractivity contribution < 1.29 is 4.74 Å². The minimum absolute atomic E-state index is 0. The van der Waals surface area contributed by atoms with Crippen molar-refractivity contribution in [3.63, 3.8) is 0 Å². The molecule has 3 aromatic rings. The summed E-state index contributed by atoms with van der Waals surface area (Å²) in [6.07, 6.45) is 2.94. The SMILES string of the molecule is CN=C(NCc1cccc(OCc2ccccn2)c1)N1CCC(c2ccccc2)C1.I. The molecule has 1 aromatic heterocycles. The molecule has 0 amide bonds. The third kappa shape index (κ3) is 6.43. The van der Waals surface area contributed by atoms with Crippen LogP contribution in [0.4, 0.5) is 0 Å². The maximum Gasteiger partial charge on any atom is 0.193 e. The molecule has 162 valence electrons. The minimum Gasteiger partial charge on any atom is -0.487 e. The fourth-order valence-corrected chi connectivity index (χ4v) is 3.85. The summed E-state index contributed by atoms with van der Waals surface area (Å²) in [6, 6.07) is 24.8. The summed E-state index contributed by atoms with van der Waals surface area (Å²) < 4.78 is 5.90. The van der Waals surface area contributed by atoms with E-state index in [0.29, 0.717) is 19.1 Å². The molecule has 2 aromatic carbocycles. The number of ether oxygens (including phenoxy) is 1. The molecule has 31 heavy (non-hydrogen) atoms. The Kier molecular flexibility index (Phi) is 8.70. The Labute approximate surface area is 201 Å². The molecule has 5 nitrogen and oxygen atoms in total. The van der Waals surface area contributed by atoms with E-state index in [1.807, 2.05) is 37.4 Å². The third-order valence-corrected chi connectivity index (χ3v) is 5.43. The van der Waals surface area contributed by atoms with E-state index in [2.05, 4.69) is 62.7 Å². The Bertz CT molecular complexity index is 966. The third-order valence-electron chi connectivity index (χ3n) is 5.43. The maximum atomic E-state index is 5.90. The van der Waals surface area contributed by atoms with Gasteiger partial charge < -0.3 is 15.0 Å². The number of aromatic nitrogens is 1. The monoisotopic (exact) mass is 528 g/mol. The van der Waals surface area contributed by atoms with Crippen molar-refractivity contribution in [3.05, 3.63) is 95.8 Å². The van der Waals surface area contributed by atoms with Crippen LogP contribution < -0.4 is 10.1 Å². The lowest BCUT2D eigenvalue weighted by Crippen LogP contribution is -2.39. The van der Waals surface area contributed by atoms with Crippen molar-refractivity contribution in [2.75, 3.05) is 20.1 Å². The highest BCUT2D eigenvalue weighted by Gasteiger charge is 2.25. The minimum atomic E-state index is 0. The first kappa shape index (κ1) is 23.1. The highest BCUT2D eigenvalue weighted by molar-refractivity contribution is 14.0. The van der Waals surface area contributed by atoms with Crippen molar-refractivity contribution in [3.8, 4) is 5.75 Å². The van der Waals surface area contributed by atoms with Crippen LogP contribution in [0.2, 0.25) is 0 Å². The van der Waals surface area contributed by atoms with Gasteiger partial charge in [0.1, 0.15) is 12.4 Å². The van der Waals surface area contributed by atoms with Crippen LogP contribution in [0.3, 0.4) is 0 Å².